The number of aromatic nitrogens is 1. The molecule has 4 heteroatoms. The van der Waals surface area contributed by atoms with Crippen molar-refractivity contribution >= 4 is 11.8 Å². The Bertz CT molecular complexity index is 375. The number of ether oxygens (including phenoxy) is 1. The molecule has 86 valence electrons. The Morgan fingerprint density at radius 2 is 2.44 bits per heavy atom. The smallest absolute Gasteiger partial charge is 0.341 e. The molecule has 0 aliphatic heterocycles. The van der Waals surface area contributed by atoms with Crippen molar-refractivity contribution in [2.75, 3.05) is 11.9 Å². The highest BCUT2D eigenvalue weighted by Crippen LogP contribution is 2.24. The molecule has 0 bridgehead atoms. The van der Waals surface area contributed by atoms with Crippen LogP contribution in [-0.2, 0) is 4.74 Å². The summed E-state index contributed by atoms with van der Waals surface area (Å²) in [5.41, 5.74) is 0.524. The van der Waals surface area contributed by atoms with Gasteiger partial charge in [-0.25, -0.2) is 9.78 Å². The Morgan fingerprint density at radius 1 is 1.62 bits per heavy atom. The zero-order chi connectivity index (χ0) is 11.4. The van der Waals surface area contributed by atoms with E-state index in [0.29, 0.717) is 24.0 Å². The van der Waals surface area contributed by atoms with Gasteiger partial charge in [-0.3, -0.25) is 0 Å². The fourth-order valence-electron chi connectivity index (χ4n) is 1.64. The third kappa shape index (κ3) is 2.32. The number of anilines is 1. The highest BCUT2D eigenvalue weighted by Gasteiger charge is 2.20. The Hall–Kier alpha value is -1.58. The summed E-state index contributed by atoms with van der Waals surface area (Å²) in [5.74, 6) is 0.336. The maximum absolute atomic E-state index is 11.7. The lowest BCUT2D eigenvalue weighted by molar-refractivity contribution is 0.0527. The number of carbonyl (C=O) groups is 1. The number of hydrogen-bond donors (Lipinski definition) is 1. The monoisotopic (exact) mass is 220 g/mol. The van der Waals surface area contributed by atoms with Crippen LogP contribution in [0.15, 0.2) is 18.3 Å². The molecule has 0 saturated heterocycles. The molecule has 0 spiro atoms. The number of hydrogen-bond acceptors (Lipinski definition) is 4. The minimum Gasteiger partial charge on any atom is -0.462 e. The molecule has 0 unspecified atom stereocenters. The van der Waals surface area contributed by atoms with Gasteiger partial charge in [0.2, 0.25) is 0 Å². The van der Waals surface area contributed by atoms with Gasteiger partial charge in [0.25, 0.3) is 0 Å². The molecule has 1 saturated carbocycles. The third-order valence-electron chi connectivity index (χ3n) is 2.75. The van der Waals surface area contributed by atoms with Crippen molar-refractivity contribution in [3.05, 3.63) is 23.9 Å². The molecule has 2 rings (SSSR count). The maximum Gasteiger partial charge on any atom is 0.341 e. The average molecular weight is 220 g/mol. The maximum atomic E-state index is 11.7. The molecule has 1 aromatic rings. The largest absolute Gasteiger partial charge is 0.462 e. The number of nitrogens with zero attached hydrogens (tertiary/aromatic N) is 1. The molecular weight excluding hydrogens is 204 g/mol. The van der Waals surface area contributed by atoms with Gasteiger partial charge in [-0.1, -0.05) is 0 Å². The number of nitrogens with one attached hydrogen (secondary N) is 1. The van der Waals surface area contributed by atoms with E-state index in [2.05, 4.69) is 10.3 Å². The van der Waals surface area contributed by atoms with Crippen LogP contribution in [0.25, 0.3) is 0 Å². The molecule has 1 aliphatic carbocycles. The summed E-state index contributed by atoms with van der Waals surface area (Å²) in [6.45, 7) is 2.18. The Labute approximate surface area is 95.0 Å². The van der Waals surface area contributed by atoms with Gasteiger partial charge in [-0.15, -0.1) is 0 Å². The molecule has 1 fully saturated rings. The normalized spacial score (nSPS) is 15.3. The number of esters is 1. The average Bonchev–Trinajstić information content (AvgIpc) is 2.24. The fraction of sp³-hybridized carbons (Fsp3) is 0.500. The zero-order valence-corrected chi connectivity index (χ0v) is 9.40. The molecule has 1 N–H and O–H groups in total. The standard InChI is InChI=1S/C12H16N2O2/c1-2-16-12(15)10-7-4-8-13-11(10)14-9-5-3-6-9/h4,7-9H,2-3,5-6H2,1H3,(H,13,14). The van der Waals surface area contributed by atoms with Gasteiger partial charge in [0, 0.05) is 12.2 Å². The number of pyridine rings is 1. The van der Waals surface area contributed by atoms with Crippen molar-refractivity contribution in [2.45, 2.75) is 32.2 Å². The van der Waals surface area contributed by atoms with Crippen molar-refractivity contribution in [1.82, 2.24) is 4.98 Å². The molecular formula is C12H16N2O2. The lowest BCUT2D eigenvalue weighted by Crippen LogP contribution is -2.28. The SMILES string of the molecule is CCOC(=O)c1cccnc1NC1CCC1. The fourth-order valence-corrected chi connectivity index (χ4v) is 1.64. The highest BCUT2D eigenvalue weighted by atomic mass is 16.5. The minimum absolute atomic E-state index is 0.308. The van der Waals surface area contributed by atoms with E-state index in [1.165, 1.54) is 6.42 Å². The summed E-state index contributed by atoms with van der Waals surface area (Å²) in [6, 6.07) is 3.95. The van der Waals surface area contributed by atoms with E-state index in [0.717, 1.165) is 12.8 Å². The Balaban J connectivity index is 2.12. The van der Waals surface area contributed by atoms with Crippen LogP contribution < -0.4 is 5.32 Å². The third-order valence-corrected chi connectivity index (χ3v) is 2.75. The van der Waals surface area contributed by atoms with Gasteiger partial charge in [-0.05, 0) is 38.3 Å². The van der Waals surface area contributed by atoms with Crippen LogP contribution >= 0.6 is 0 Å². The second-order valence-electron chi connectivity index (χ2n) is 3.89. The molecule has 16 heavy (non-hydrogen) atoms. The predicted molar refractivity (Wildman–Crippen MR) is 61.5 cm³/mol. The lowest BCUT2D eigenvalue weighted by Gasteiger charge is -2.27. The first-order valence-corrected chi connectivity index (χ1v) is 5.70. The summed E-state index contributed by atoms with van der Waals surface area (Å²) in [5, 5.41) is 3.27. The van der Waals surface area contributed by atoms with Crippen molar-refractivity contribution in [3.8, 4) is 0 Å². The molecule has 0 atom stereocenters. The van der Waals surface area contributed by atoms with Crippen molar-refractivity contribution in [3.63, 3.8) is 0 Å². The Morgan fingerprint density at radius 3 is 3.06 bits per heavy atom. The minimum atomic E-state index is -0.308. The van der Waals surface area contributed by atoms with E-state index in [4.69, 9.17) is 4.74 Å². The van der Waals surface area contributed by atoms with Gasteiger partial charge < -0.3 is 10.1 Å². The van der Waals surface area contributed by atoms with Crippen LogP contribution in [0.1, 0.15) is 36.5 Å². The van der Waals surface area contributed by atoms with Crippen LogP contribution in [0.2, 0.25) is 0 Å². The van der Waals surface area contributed by atoms with Crippen molar-refractivity contribution in [1.29, 1.82) is 0 Å². The van der Waals surface area contributed by atoms with Crippen LogP contribution in [0.3, 0.4) is 0 Å². The quantitative estimate of drug-likeness (QED) is 0.790. The van der Waals surface area contributed by atoms with Gasteiger partial charge in [0.1, 0.15) is 11.4 Å². The molecule has 1 aliphatic rings. The van der Waals surface area contributed by atoms with Gasteiger partial charge in [0.05, 0.1) is 6.61 Å². The first-order chi connectivity index (χ1) is 7.81. The van der Waals surface area contributed by atoms with Crippen LogP contribution in [0.4, 0.5) is 5.82 Å². The van der Waals surface area contributed by atoms with Gasteiger partial charge >= 0.3 is 5.97 Å². The molecule has 4 nitrogen and oxygen atoms in total. The first-order valence-electron chi connectivity index (χ1n) is 5.70. The molecule has 0 radical (unpaired) electrons. The predicted octanol–water partition coefficient (Wildman–Crippen LogP) is 2.22. The summed E-state index contributed by atoms with van der Waals surface area (Å²) in [6.07, 6.45) is 5.24. The van der Waals surface area contributed by atoms with Gasteiger partial charge in [-0.2, -0.15) is 0 Å². The summed E-state index contributed by atoms with van der Waals surface area (Å²) < 4.78 is 4.98. The van der Waals surface area contributed by atoms with E-state index in [9.17, 15) is 4.79 Å². The number of carbonyl (C=O) groups excluding carboxylic acids is 1. The lowest BCUT2D eigenvalue weighted by atomic mass is 9.93. The van der Waals surface area contributed by atoms with Crippen LogP contribution in [0.5, 0.6) is 0 Å². The summed E-state index contributed by atoms with van der Waals surface area (Å²) >= 11 is 0. The van der Waals surface area contributed by atoms with Gasteiger partial charge in [0.15, 0.2) is 0 Å². The second-order valence-corrected chi connectivity index (χ2v) is 3.89. The zero-order valence-electron chi connectivity index (χ0n) is 9.40. The molecule has 1 heterocycles. The number of rotatable bonds is 4. The molecule has 0 amide bonds. The van der Waals surface area contributed by atoms with Crippen LogP contribution in [-0.4, -0.2) is 23.6 Å². The summed E-state index contributed by atoms with van der Waals surface area (Å²) in [7, 11) is 0. The molecule has 1 aromatic heterocycles. The van der Waals surface area contributed by atoms with E-state index in [1.54, 1.807) is 25.3 Å². The molecule has 0 aromatic carbocycles. The van der Waals surface area contributed by atoms with Crippen molar-refractivity contribution < 1.29 is 9.53 Å². The van der Waals surface area contributed by atoms with Crippen molar-refractivity contribution in [2.24, 2.45) is 0 Å². The van der Waals surface area contributed by atoms with E-state index in [-0.39, 0.29) is 5.97 Å². The van der Waals surface area contributed by atoms with E-state index in [1.807, 2.05) is 0 Å². The van der Waals surface area contributed by atoms with E-state index < -0.39 is 0 Å². The second kappa shape index (κ2) is 4.96. The Kier molecular flexibility index (Phi) is 3.39. The van der Waals surface area contributed by atoms with Crippen LogP contribution in [0, 0.1) is 0 Å². The highest BCUT2D eigenvalue weighted by molar-refractivity contribution is 5.94. The first kappa shape index (κ1) is 10.9. The van der Waals surface area contributed by atoms with E-state index >= 15 is 0 Å². The summed E-state index contributed by atoms with van der Waals surface area (Å²) in [4.78, 5) is 15.8. The topological polar surface area (TPSA) is 51.2 Å².